The van der Waals surface area contributed by atoms with Crippen molar-refractivity contribution in [2.24, 2.45) is 0 Å². The number of nitrogens with zero attached hydrogens (tertiary/aromatic N) is 4. The van der Waals surface area contributed by atoms with E-state index in [-0.39, 0.29) is 0 Å². The summed E-state index contributed by atoms with van der Waals surface area (Å²) < 4.78 is 27.4. The minimum atomic E-state index is 0.860. The summed E-state index contributed by atoms with van der Waals surface area (Å²) in [6, 6.07) is 166. The molecule has 7 nitrogen and oxygen atoms in total. The van der Waals surface area contributed by atoms with Crippen molar-refractivity contribution in [2.45, 2.75) is 0 Å². The van der Waals surface area contributed by atoms with Gasteiger partial charge in [-0.15, -0.1) is 34.0 Å². The summed E-state index contributed by atoms with van der Waals surface area (Å²) in [7, 11) is 0. The van der Waals surface area contributed by atoms with Crippen LogP contribution in [0.25, 0.3) is 192 Å². The molecule has 0 unspecified atom stereocenters. The monoisotopic (exact) mass is 1760 g/mol. The highest BCUT2D eigenvalue weighted by Gasteiger charge is 2.29. The zero-order valence-corrected chi connectivity index (χ0v) is 74.6. The summed E-state index contributed by atoms with van der Waals surface area (Å²) >= 11 is 5.61. The Balaban J connectivity index is 0.000000136. The summed E-state index contributed by atoms with van der Waals surface area (Å²) in [5.41, 5.74) is 22.8. The van der Waals surface area contributed by atoms with Crippen LogP contribution in [0, 0.1) is 0 Å². The number of anilines is 12. The zero-order chi connectivity index (χ0) is 88.0. The van der Waals surface area contributed by atoms with E-state index in [9.17, 15) is 0 Å². The van der Waals surface area contributed by atoms with Crippen LogP contribution in [0.2, 0.25) is 0 Å². The maximum Gasteiger partial charge on any atom is 0.159 e. The smallest absolute Gasteiger partial charge is 0.159 e. The Hall–Kier alpha value is -16.9. The van der Waals surface area contributed by atoms with Crippen LogP contribution in [-0.2, 0) is 0 Å². The number of para-hydroxylation sites is 9. The first-order valence-electron chi connectivity index (χ1n) is 45.3. The molecule has 28 rings (SSSR count). The molecule has 0 aliphatic rings. The summed E-state index contributed by atoms with van der Waals surface area (Å²) in [4.78, 5) is 9.53. The van der Waals surface area contributed by atoms with Crippen molar-refractivity contribution in [2.75, 3.05) is 19.6 Å². The van der Waals surface area contributed by atoms with E-state index in [2.05, 4.69) is 456 Å². The van der Waals surface area contributed by atoms with E-state index in [0.29, 0.717) is 0 Å². The molecule has 628 valence electrons. The van der Waals surface area contributed by atoms with Gasteiger partial charge in [-0.25, -0.2) is 0 Å². The highest BCUT2D eigenvalue weighted by atomic mass is 32.1. The number of rotatable bonds is 14. The van der Waals surface area contributed by atoms with Crippen molar-refractivity contribution in [3.05, 3.63) is 461 Å². The van der Waals surface area contributed by atoms with E-state index in [0.717, 1.165) is 145 Å². The maximum absolute atomic E-state index is 6.64. The van der Waals surface area contributed by atoms with Crippen molar-refractivity contribution in [3.8, 4) is 22.3 Å². The van der Waals surface area contributed by atoms with Gasteiger partial charge in [0.15, 0.2) is 11.2 Å². The van der Waals surface area contributed by atoms with Crippen LogP contribution < -0.4 is 19.6 Å². The molecular weight excluding hydrogens is 1690 g/mol. The molecule has 0 N–H and O–H groups in total. The Labute approximate surface area is 781 Å². The largest absolute Gasteiger partial charge is 0.456 e. The van der Waals surface area contributed by atoms with E-state index < -0.39 is 0 Å². The van der Waals surface area contributed by atoms with Crippen molar-refractivity contribution < 1.29 is 13.3 Å². The summed E-state index contributed by atoms with van der Waals surface area (Å²) in [6.45, 7) is 0. The van der Waals surface area contributed by atoms with Crippen molar-refractivity contribution in [1.82, 2.24) is 0 Å². The predicted molar refractivity (Wildman–Crippen MR) is 573 cm³/mol. The van der Waals surface area contributed by atoms with Gasteiger partial charge >= 0.3 is 0 Å². The maximum atomic E-state index is 6.64. The fraction of sp³-hybridized carbons (Fsp3) is 0. The van der Waals surface area contributed by atoms with Crippen molar-refractivity contribution in [3.63, 3.8) is 0 Å². The minimum Gasteiger partial charge on any atom is -0.456 e. The lowest BCUT2D eigenvalue weighted by molar-refractivity contribution is 0.668. The highest BCUT2D eigenvalue weighted by Crippen LogP contribution is 2.55. The second kappa shape index (κ2) is 31.5. The van der Waals surface area contributed by atoms with Crippen LogP contribution in [0.5, 0.6) is 0 Å². The summed E-state index contributed by atoms with van der Waals surface area (Å²) in [6.07, 6.45) is 0. The lowest BCUT2D eigenvalue weighted by atomic mass is 9.96. The summed E-state index contributed by atoms with van der Waals surface area (Å²) in [5, 5.41) is 24.2. The molecule has 0 atom stereocenters. The van der Waals surface area contributed by atoms with Gasteiger partial charge in [0.2, 0.25) is 0 Å². The first kappa shape index (κ1) is 77.1. The molecular formula is C124H76N4O3S3. The van der Waals surface area contributed by atoms with Gasteiger partial charge in [0.05, 0.1) is 22.7 Å². The first-order valence-corrected chi connectivity index (χ1v) is 47.8. The van der Waals surface area contributed by atoms with Gasteiger partial charge in [-0.2, -0.15) is 0 Å². The SMILES string of the molecule is c1ccc(-c2ccccc2N(c2ccc3c(c2)oc2ccccc23)c2ccc3c(c2)c2ccccc2c2c4ccc(N(c5ccccc5)c5cccc6c5oc5ccccc56)cc4sc32)cc1.c1ccc(-c2ccccc2N(c2ccc3sc4ccccc4c3c2)c2ccc3c(c2)c2ccccc2c2c4ccc(N(c5ccccc5)c5cccc6c5oc5ccccc56)cc4sc32)cc1. The Morgan fingerprint density at radius 1 is 0.157 bits per heavy atom. The molecule has 0 aliphatic heterocycles. The van der Waals surface area contributed by atoms with Crippen LogP contribution in [-0.4, -0.2) is 0 Å². The predicted octanol–water partition coefficient (Wildman–Crippen LogP) is 38.0. The molecule has 6 aromatic heterocycles. The molecule has 0 spiro atoms. The van der Waals surface area contributed by atoms with Gasteiger partial charge in [0.25, 0.3) is 0 Å². The van der Waals surface area contributed by atoms with Gasteiger partial charge in [-0.1, -0.05) is 303 Å². The van der Waals surface area contributed by atoms with Crippen LogP contribution in [0.15, 0.2) is 474 Å². The third-order valence-electron chi connectivity index (χ3n) is 26.8. The Bertz CT molecular complexity index is 9580. The highest BCUT2D eigenvalue weighted by molar-refractivity contribution is 7.27. The fourth-order valence-corrected chi connectivity index (χ4v) is 24.5. The first-order chi connectivity index (χ1) is 66.5. The van der Waals surface area contributed by atoms with Gasteiger partial charge in [-0.05, 0) is 195 Å². The molecule has 0 aliphatic carbocycles. The lowest BCUT2D eigenvalue weighted by Crippen LogP contribution is -2.11. The molecule has 0 saturated heterocycles. The van der Waals surface area contributed by atoms with Crippen LogP contribution in [0.3, 0.4) is 0 Å². The fourth-order valence-electron chi connectivity index (χ4n) is 20.9. The number of hydrogen-bond donors (Lipinski definition) is 0. The van der Waals surface area contributed by atoms with E-state index in [4.69, 9.17) is 13.3 Å². The normalized spacial score (nSPS) is 11.9. The molecule has 0 saturated carbocycles. The zero-order valence-electron chi connectivity index (χ0n) is 72.1. The van der Waals surface area contributed by atoms with Gasteiger partial charge in [0, 0.05) is 166 Å². The third-order valence-corrected chi connectivity index (χ3v) is 30.3. The minimum absolute atomic E-state index is 0.860. The molecule has 10 heteroatoms. The van der Waals surface area contributed by atoms with Gasteiger partial charge in [0.1, 0.15) is 22.3 Å². The van der Waals surface area contributed by atoms with E-state index >= 15 is 0 Å². The topological polar surface area (TPSA) is 52.4 Å². The second-order valence-electron chi connectivity index (χ2n) is 34.4. The van der Waals surface area contributed by atoms with E-state index in [1.165, 1.54) is 115 Å². The van der Waals surface area contributed by atoms with E-state index in [1.54, 1.807) is 0 Å². The number of thiophene rings is 3. The van der Waals surface area contributed by atoms with Crippen LogP contribution in [0.1, 0.15) is 0 Å². The second-order valence-corrected chi connectivity index (χ2v) is 37.6. The Kier molecular flexibility index (Phi) is 18.1. The average molecular weight is 1770 g/mol. The molecule has 6 heterocycles. The third kappa shape index (κ3) is 12.6. The Morgan fingerprint density at radius 2 is 0.478 bits per heavy atom. The standard InChI is InChI=1S/C62H38N2O2S.C62H38N2OS2/c1-3-16-39(17-4-1)44-20-9-12-26-54(44)64(42-30-33-48-46-22-10-13-28-56(46)65-58(48)37-42)41-31-34-51-53(36-41)45-21-7-8-24-49(45)60-52-35-32-43(38-59(52)67-62(51)60)63(40-18-5-2-6-19-40)55-27-15-25-50-47-23-11-14-29-57(47)66-61(50)55;1-3-16-39(17-4-1)44-20-9-12-26-54(44)64(42-32-35-58-53(37-42)47-23-11-14-29-57(47)66-58)41-30-33-50-52(36-41)45-21-7-8-24-48(45)60-51-34-31-43(38-59(51)67-62(50)60)63(40-18-5-2-6-19-40)55-27-15-25-49-46-22-10-13-28-56(46)65-61(49)55/h2*1-38H. The van der Waals surface area contributed by atoms with Crippen LogP contribution in [0.4, 0.5) is 68.2 Å². The van der Waals surface area contributed by atoms with E-state index in [1.807, 2.05) is 58.3 Å². The average Bonchev–Trinajstić information content (AvgIpc) is 1.54. The number of hydrogen-bond acceptors (Lipinski definition) is 10. The molecule has 134 heavy (non-hydrogen) atoms. The molecule has 0 bridgehead atoms. The quantitative estimate of drug-likeness (QED) is 0.101. The number of benzene rings is 22. The Morgan fingerprint density at radius 3 is 0.963 bits per heavy atom. The van der Waals surface area contributed by atoms with Crippen molar-refractivity contribution in [1.29, 1.82) is 0 Å². The molecule has 0 radical (unpaired) electrons. The number of fused-ring (bicyclic) bond motifs is 28. The molecule has 0 fully saturated rings. The molecule has 0 amide bonds. The van der Waals surface area contributed by atoms with Crippen LogP contribution >= 0.6 is 34.0 Å². The summed E-state index contributed by atoms with van der Waals surface area (Å²) in [5.74, 6) is 0. The van der Waals surface area contributed by atoms with Gasteiger partial charge < -0.3 is 32.9 Å². The van der Waals surface area contributed by atoms with Crippen molar-refractivity contribution >= 4 is 272 Å². The number of furan rings is 3. The molecule has 22 aromatic carbocycles. The molecule has 28 aromatic rings. The van der Waals surface area contributed by atoms with Gasteiger partial charge in [-0.3, -0.25) is 0 Å². The lowest BCUT2D eigenvalue weighted by Gasteiger charge is -2.28.